The van der Waals surface area contributed by atoms with Crippen LogP contribution in [0.2, 0.25) is 0 Å². The maximum atomic E-state index is 4.69. The van der Waals surface area contributed by atoms with Crippen LogP contribution in [0.4, 0.5) is 34.1 Å². The molecule has 3 heterocycles. The van der Waals surface area contributed by atoms with E-state index in [2.05, 4.69) is 293 Å². The third-order valence-corrected chi connectivity index (χ3v) is 18.4. The molecule has 0 radical (unpaired) electrons. The molecule has 4 heteroatoms. The van der Waals surface area contributed by atoms with E-state index in [9.17, 15) is 0 Å². The van der Waals surface area contributed by atoms with Gasteiger partial charge in [-0.3, -0.25) is 0 Å². The van der Waals surface area contributed by atoms with Crippen molar-refractivity contribution in [3.8, 4) is 5.69 Å². The second-order valence-corrected chi connectivity index (χ2v) is 28.5. The lowest BCUT2D eigenvalue weighted by Crippen LogP contribution is -2.61. The van der Waals surface area contributed by atoms with Gasteiger partial charge in [-0.1, -0.05) is 181 Å². The molecule has 2 aliphatic rings. The van der Waals surface area contributed by atoms with Crippen LogP contribution in [0.3, 0.4) is 0 Å². The fourth-order valence-corrected chi connectivity index (χ4v) is 13.7. The minimum absolute atomic E-state index is 0.00497. The highest BCUT2D eigenvalue weighted by Crippen LogP contribution is 2.51. The minimum Gasteiger partial charge on any atom is -0.311 e. The Bertz CT molecular complexity index is 4150. The molecule has 11 rings (SSSR count). The molecular weight excluding hydrogens is 990 g/mol. The fraction of sp³-hybridized carbons (Fsp3) is 0.308. The molecule has 3 nitrogen and oxygen atoms in total. The number of allylic oxidation sites excluding steroid dienone is 4. The monoisotopic (exact) mass is 1080 g/mol. The normalized spacial score (nSPS) is 13.8. The number of aryl methyl sites for hydroxylation is 7. The summed E-state index contributed by atoms with van der Waals surface area (Å²) >= 11 is 0. The van der Waals surface area contributed by atoms with Crippen LogP contribution < -0.4 is 26.2 Å². The van der Waals surface area contributed by atoms with E-state index in [0.29, 0.717) is 0 Å². The van der Waals surface area contributed by atoms with E-state index in [1.54, 1.807) is 0 Å². The molecule has 0 unspecified atom stereocenters. The number of aromatic nitrogens is 1. The molecule has 0 aliphatic carbocycles. The summed E-state index contributed by atoms with van der Waals surface area (Å²) in [4.78, 5) is 5.37. The Labute approximate surface area is 492 Å². The molecule has 82 heavy (non-hydrogen) atoms. The number of hydrogen-bond donors (Lipinski definition) is 0. The highest BCUT2D eigenvalue weighted by atomic mass is 15.2. The Morgan fingerprint density at radius 1 is 0.427 bits per heavy atom. The van der Waals surface area contributed by atoms with Crippen molar-refractivity contribution in [3.05, 3.63) is 225 Å². The maximum absolute atomic E-state index is 4.69. The van der Waals surface area contributed by atoms with Crippen LogP contribution in [0.1, 0.15) is 162 Å². The van der Waals surface area contributed by atoms with Crippen molar-refractivity contribution < 1.29 is 0 Å². The smallest absolute Gasteiger partial charge is 0.252 e. The molecule has 0 bridgehead atoms. The Morgan fingerprint density at radius 3 is 1.43 bits per heavy atom. The van der Waals surface area contributed by atoms with E-state index in [1.165, 1.54) is 139 Å². The van der Waals surface area contributed by atoms with Crippen molar-refractivity contribution in [2.24, 2.45) is 0 Å². The second-order valence-electron chi connectivity index (χ2n) is 28.5. The quantitative estimate of drug-likeness (QED) is 0.116. The first kappa shape index (κ1) is 56.3. The zero-order chi connectivity index (χ0) is 59.2. The molecule has 0 saturated carbocycles. The lowest BCUT2D eigenvalue weighted by molar-refractivity contribution is 0.588. The lowest BCUT2D eigenvalue weighted by atomic mass is 9.33. The number of rotatable bonds is 7. The van der Waals surface area contributed by atoms with Crippen LogP contribution in [0, 0.1) is 48.5 Å². The summed E-state index contributed by atoms with van der Waals surface area (Å²) < 4.78 is 2.58. The van der Waals surface area contributed by atoms with Crippen LogP contribution in [0.5, 0.6) is 0 Å². The first-order valence-corrected chi connectivity index (χ1v) is 29.8. The number of benzene rings is 8. The number of fused-ring (bicyclic) bond motifs is 7. The summed E-state index contributed by atoms with van der Waals surface area (Å²) in [6, 6.07) is 50.0. The van der Waals surface area contributed by atoms with E-state index in [0.717, 1.165) is 27.8 Å². The molecular formula is C78H86BN3. The van der Waals surface area contributed by atoms with Crippen molar-refractivity contribution in [2.75, 3.05) is 9.80 Å². The van der Waals surface area contributed by atoms with E-state index in [1.807, 2.05) is 6.08 Å². The average molecular weight is 1080 g/mol. The van der Waals surface area contributed by atoms with Gasteiger partial charge in [0.15, 0.2) is 0 Å². The van der Waals surface area contributed by atoms with Gasteiger partial charge in [0.1, 0.15) is 0 Å². The Balaban J connectivity index is 1.31. The molecule has 2 aliphatic heterocycles. The van der Waals surface area contributed by atoms with Gasteiger partial charge in [-0.15, -0.1) is 0 Å². The molecule has 0 N–H and O–H groups in total. The van der Waals surface area contributed by atoms with Crippen molar-refractivity contribution in [3.63, 3.8) is 0 Å². The maximum Gasteiger partial charge on any atom is 0.252 e. The number of nitrogens with zero attached hydrogens (tertiary/aromatic N) is 3. The van der Waals surface area contributed by atoms with Crippen molar-refractivity contribution in [1.29, 1.82) is 0 Å². The molecule has 0 saturated heterocycles. The number of hydrogen-bond acceptors (Lipinski definition) is 2. The van der Waals surface area contributed by atoms with Crippen molar-refractivity contribution in [2.45, 2.75) is 160 Å². The summed E-state index contributed by atoms with van der Waals surface area (Å²) in [5.74, 6) is 0. The third-order valence-electron chi connectivity index (χ3n) is 18.4. The molecule has 0 spiro atoms. The van der Waals surface area contributed by atoms with E-state index < -0.39 is 0 Å². The van der Waals surface area contributed by atoms with Gasteiger partial charge in [-0.2, -0.15) is 0 Å². The van der Waals surface area contributed by atoms with Gasteiger partial charge in [0, 0.05) is 33.5 Å². The van der Waals surface area contributed by atoms with Gasteiger partial charge in [0.2, 0.25) is 0 Å². The van der Waals surface area contributed by atoms with Gasteiger partial charge >= 0.3 is 0 Å². The summed E-state index contributed by atoms with van der Waals surface area (Å²) in [6.07, 6.45) is 2.03. The molecule has 416 valence electrons. The van der Waals surface area contributed by atoms with Crippen LogP contribution in [-0.4, -0.2) is 11.3 Å². The van der Waals surface area contributed by atoms with Gasteiger partial charge in [-0.25, -0.2) is 0 Å². The average Bonchev–Trinajstić information content (AvgIpc) is 1.95. The minimum atomic E-state index is -0.190. The lowest BCUT2D eigenvalue weighted by Gasteiger charge is -2.46. The molecule has 0 amide bonds. The number of para-hydroxylation sites is 1. The molecule has 8 aromatic carbocycles. The first-order chi connectivity index (χ1) is 38.4. The zero-order valence-electron chi connectivity index (χ0n) is 53.0. The van der Waals surface area contributed by atoms with Gasteiger partial charge in [-0.05, 0) is 231 Å². The predicted molar refractivity (Wildman–Crippen MR) is 361 cm³/mol. The van der Waals surface area contributed by atoms with Crippen LogP contribution in [0.25, 0.3) is 38.6 Å². The molecule has 0 fully saturated rings. The topological polar surface area (TPSA) is 11.4 Å². The standard InChI is InChI=1S/C78H86BN3/c1-23-59(52(9)53(10)60-30-25-24-27-45(60)2)54-35-48(5)73(49(6)36-54)82-68-44-66-62(61-39-55(75(11,12)13)32-34-65(61)80(66)72-46(3)28-26-29-47(72)4)43-64(68)79-63-33-31-56(76(14,15)16)40-67(63)81(69-41-58(78(20,21)22)42-70(82)71(69)79)74-50(7)37-57(38-51(74)8)77(17,18)19/h23-44H,1,10H2,2-9,11-22H3/b59-52+. The Kier molecular flexibility index (Phi) is 13.4. The summed E-state index contributed by atoms with van der Waals surface area (Å²) in [5.41, 5.74) is 34.2. The molecule has 9 aromatic rings. The fourth-order valence-electron chi connectivity index (χ4n) is 13.7. The SMILES string of the molecule is C=C/C(=C(/C)C(=C)c1ccccc1C)c1cc(C)c(N2c3cc4c(cc3B3c5ccc(C(C)(C)C)cc5N(c5c(C)cc(C(C)(C)C)cc5C)c5cc(C(C)(C)C)cc2c53)c2cc(C(C)(C)C)ccc2n4-c2c(C)cccc2C)c(C)c1. The summed E-state index contributed by atoms with van der Waals surface area (Å²) in [5, 5.41) is 2.55. The Morgan fingerprint density at radius 2 is 0.890 bits per heavy atom. The van der Waals surface area contributed by atoms with E-state index >= 15 is 0 Å². The van der Waals surface area contributed by atoms with Crippen LogP contribution >= 0.6 is 0 Å². The Hall–Kier alpha value is -7.56. The number of anilines is 6. The first-order valence-electron chi connectivity index (χ1n) is 29.8. The van der Waals surface area contributed by atoms with Crippen LogP contribution in [0.15, 0.2) is 152 Å². The second kappa shape index (κ2) is 19.5. The van der Waals surface area contributed by atoms with E-state index in [-0.39, 0.29) is 28.4 Å². The predicted octanol–water partition coefficient (Wildman–Crippen LogP) is 19.9. The van der Waals surface area contributed by atoms with Crippen molar-refractivity contribution >= 4 is 90.2 Å². The van der Waals surface area contributed by atoms with Crippen molar-refractivity contribution in [1.82, 2.24) is 4.57 Å². The molecule has 1 aromatic heterocycles. The van der Waals surface area contributed by atoms with E-state index in [4.69, 9.17) is 0 Å². The summed E-state index contributed by atoms with van der Waals surface area (Å²) in [7, 11) is 0. The largest absolute Gasteiger partial charge is 0.311 e. The molecule has 0 atom stereocenters. The third kappa shape index (κ3) is 9.11. The van der Waals surface area contributed by atoms with Gasteiger partial charge < -0.3 is 14.4 Å². The van der Waals surface area contributed by atoms with Crippen LogP contribution in [-0.2, 0) is 21.7 Å². The zero-order valence-corrected chi connectivity index (χ0v) is 53.0. The van der Waals surface area contributed by atoms with Gasteiger partial charge in [0.05, 0.1) is 28.1 Å². The highest BCUT2D eigenvalue weighted by molar-refractivity contribution is 7.00. The van der Waals surface area contributed by atoms with Gasteiger partial charge in [0.25, 0.3) is 6.71 Å². The highest BCUT2D eigenvalue weighted by Gasteiger charge is 2.46. The summed E-state index contributed by atoms with van der Waals surface area (Å²) in [6.45, 7) is 55.5.